The van der Waals surface area contributed by atoms with E-state index in [9.17, 15) is 4.79 Å². The Balaban J connectivity index is 2.05. The molecular formula is C13H17BrN2O. The van der Waals surface area contributed by atoms with Crippen LogP contribution in [-0.2, 0) is 11.2 Å². The van der Waals surface area contributed by atoms with E-state index in [1.807, 2.05) is 19.1 Å². The van der Waals surface area contributed by atoms with Gasteiger partial charge >= 0.3 is 0 Å². The number of aryl methyl sites for hydroxylation is 1. The number of hydrogen-bond acceptors (Lipinski definition) is 3. The van der Waals surface area contributed by atoms with Gasteiger partial charge in [-0.1, -0.05) is 13.0 Å². The van der Waals surface area contributed by atoms with Crippen LogP contribution in [0.5, 0.6) is 0 Å². The average Bonchev–Trinajstić information content (AvgIpc) is 2.70. The predicted molar refractivity (Wildman–Crippen MR) is 71.0 cm³/mol. The second-order valence-electron chi connectivity index (χ2n) is 4.84. The first-order valence-corrected chi connectivity index (χ1v) is 6.73. The lowest BCUT2D eigenvalue weighted by atomic mass is 10.0. The molecule has 1 aromatic rings. The Labute approximate surface area is 110 Å². The normalized spacial score (nSPS) is 23.9. The molecule has 0 saturated carbocycles. The van der Waals surface area contributed by atoms with Crippen molar-refractivity contribution in [1.82, 2.24) is 10.3 Å². The molecule has 2 heterocycles. The Bertz CT molecular complexity index is 433. The molecule has 0 unspecified atom stereocenters. The van der Waals surface area contributed by atoms with E-state index in [4.69, 9.17) is 0 Å². The van der Waals surface area contributed by atoms with Crippen molar-refractivity contribution in [3.63, 3.8) is 0 Å². The summed E-state index contributed by atoms with van der Waals surface area (Å²) in [6, 6.07) is 3.91. The number of carbonyl (C=O) groups excluding carboxylic acids is 1. The summed E-state index contributed by atoms with van der Waals surface area (Å²) < 4.78 is 0.790. The highest BCUT2D eigenvalue weighted by molar-refractivity contribution is 9.10. The van der Waals surface area contributed by atoms with Gasteiger partial charge in [0.05, 0.1) is 18.2 Å². The molecule has 0 bridgehead atoms. The Hall–Kier alpha value is -0.740. The van der Waals surface area contributed by atoms with Crippen molar-refractivity contribution in [3.8, 4) is 0 Å². The van der Waals surface area contributed by atoms with E-state index >= 15 is 0 Å². The van der Waals surface area contributed by atoms with Crippen molar-refractivity contribution in [3.05, 3.63) is 28.0 Å². The maximum atomic E-state index is 12.1. The van der Waals surface area contributed by atoms with Crippen LogP contribution in [0.3, 0.4) is 0 Å². The highest BCUT2D eigenvalue weighted by atomic mass is 79.9. The molecule has 1 aromatic heterocycles. The van der Waals surface area contributed by atoms with Crippen molar-refractivity contribution in [2.75, 3.05) is 6.54 Å². The smallest absolute Gasteiger partial charge is 0.155 e. The van der Waals surface area contributed by atoms with Gasteiger partial charge in [-0.25, -0.2) is 4.98 Å². The molecule has 17 heavy (non-hydrogen) atoms. The number of ketones is 1. The van der Waals surface area contributed by atoms with Gasteiger partial charge in [0, 0.05) is 0 Å². The van der Waals surface area contributed by atoms with Gasteiger partial charge in [0.25, 0.3) is 0 Å². The number of aromatic nitrogens is 1. The van der Waals surface area contributed by atoms with Crippen molar-refractivity contribution in [2.24, 2.45) is 5.92 Å². The third-order valence-corrected chi connectivity index (χ3v) is 3.69. The number of Topliss-reactive ketones (excluding diaryl/α,β-unsaturated/α-hetero) is 1. The molecule has 1 fully saturated rings. The summed E-state index contributed by atoms with van der Waals surface area (Å²) in [6.45, 7) is 5.11. The zero-order valence-electron chi connectivity index (χ0n) is 10.2. The monoisotopic (exact) mass is 296 g/mol. The van der Waals surface area contributed by atoms with Gasteiger partial charge in [0.15, 0.2) is 5.78 Å². The number of halogens is 1. The van der Waals surface area contributed by atoms with Crippen LogP contribution in [0.1, 0.15) is 24.6 Å². The quantitative estimate of drug-likeness (QED) is 0.870. The van der Waals surface area contributed by atoms with Gasteiger partial charge in [0.1, 0.15) is 4.60 Å². The maximum absolute atomic E-state index is 12.1. The van der Waals surface area contributed by atoms with Gasteiger partial charge in [-0.3, -0.25) is 4.79 Å². The highest BCUT2D eigenvalue weighted by Crippen LogP contribution is 2.17. The minimum Gasteiger partial charge on any atom is -0.307 e. The molecule has 2 rings (SSSR count). The number of nitrogens with zero attached hydrogens (tertiary/aromatic N) is 1. The SMILES string of the molecule is Cc1ccc(Br)nc1CC(=O)[C@@H]1C[C@H](C)CN1. The second-order valence-corrected chi connectivity index (χ2v) is 5.65. The molecular weight excluding hydrogens is 280 g/mol. The largest absolute Gasteiger partial charge is 0.307 e. The Morgan fingerprint density at radius 1 is 1.59 bits per heavy atom. The molecule has 4 heteroatoms. The number of pyridine rings is 1. The van der Waals surface area contributed by atoms with Crippen LogP contribution < -0.4 is 5.32 Å². The highest BCUT2D eigenvalue weighted by Gasteiger charge is 2.27. The first kappa shape index (κ1) is 12.7. The summed E-state index contributed by atoms with van der Waals surface area (Å²) in [5.74, 6) is 0.851. The molecule has 1 aliphatic heterocycles. The molecule has 1 aliphatic rings. The summed E-state index contributed by atoms with van der Waals surface area (Å²) in [6.07, 6.45) is 1.38. The third-order valence-electron chi connectivity index (χ3n) is 3.25. The third kappa shape index (κ3) is 3.13. The van der Waals surface area contributed by atoms with Crippen molar-refractivity contribution in [1.29, 1.82) is 0 Å². The molecule has 1 saturated heterocycles. The van der Waals surface area contributed by atoms with Crippen LogP contribution >= 0.6 is 15.9 Å². The van der Waals surface area contributed by atoms with E-state index in [1.54, 1.807) is 0 Å². The molecule has 1 N–H and O–H groups in total. The second kappa shape index (κ2) is 5.27. The topological polar surface area (TPSA) is 42.0 Å². The van der Waals surface area contributed by atoms with Gasteiger partial charge in [-0.2, -0.15) is 0 Å². The number of hydrogen-bond donors (Lipinski definition) is 1. The Kier molecular flexibility index (Phi) is 3.94. The van der Waals surface area contributed by atoms with Crippen LogP contribution in [0, 0.1) is 12.8 Å². The number of rotatable bonds is 3. The number of nitrogens with one attached hydrogen (secondary N) is 1. The van der Waals surface area contributed by atoms with Gasteiger partial charge in [0.2, 0.25) is 0 Å². The van der Waals surface area contributed by atoms with Crippen LogP contribution in [0.2, 0.25) is 0 Å². The zero-order valence-corrected chi connectivity index (χ0v) is 11.8. The molecule has 0 aliphatic carbocycles. The average molecular weight is 297 g/mol. The molecule has 0 aromatic carbocycles. The summed E-state index contributed by atoms with van der Waals surface area (Å²) in [5, 5.41) is 3.27. The molecule has 0 radical (unpaired) electrons. The zero-order chi connectivity index (χ0) is 12.4. The van der Waals surface area contributed by atoms with E-state index in [1.165, 1.54) is 0 Å². The van der Waals surface area contributed by atoms with Gasteiger partial charge < -0.3 is 5.32 Å². The maximum Gasteiger partial charge on any atom is 0.155 e. The fourth-order valence-corrected chi connectivity index (χ4v) is 2.52. The molecule has 2 atom stereocenters. The number of carbonyl (C=O) groups is 1. The lowest BCUT2D eigenvalue weighted by Gasteiger charge is -2.10. The van der Waals surface area contributed by atoms with E-state index < -0.39 is 0 Å². The van der Waals surface area contributed by atoms with Gasteiger partial charge in [-0.15, -0.1) is 0 Å². The lowest BCUT2D eigenvalue weighted by molar-refractivity contribution is -0.120. The van der Waals surface area contributed by atoms with E-state index in [0.29, 0.717) is 12.3 Å². The van der Waals surface area contributed by atoms with Crippen LogP contribution in [-0.4, -0.2) is 23.4 Å². The molecule has 0 amide bonds. The summed E-state index contributed by atoms with van der Waals surface area (Å²) in [4.78, 5) is 16.5. The molecule has 92 valence electrons. The fourth-order valence-electron chi connectivity index (χ4n) is 2.17. The van der Waals surface area contributed by atoms with Crippen molar-refractivity contribution in [2.45, 2.75) is 32.7 Å². The van der Waals surface area contributed by atoms with E-state index in [0.717, 1.165) is 28.8 Å². The minimum absolute atomic E-state index is 0.0187. The molecule has 0 spiro atoms. The summed E-state index contributed by atoms with van der Waals surface area (Å²) in [5.41, 5.74) is 1.96. The van der Waals surface area contributed by atoms with Crippen LogP contribution in [0.4, 0.5) is 0 Å². The Morgan fingerprint density at radius 3 is 3.00 bits per heavy atom. The lowest BCUT2D eigenvalue weighted by Crippen LogP contribution is -2.32. The fraction of sp³-hybridized carbons (Fsp3) is 0.538. The summed E-state index contributed by atoms with van der Waals surface area (Å²) in [7, 11) is 0. The standard InChI is InChI=1S/C13H17BrN2O/c1-8-5-11(15-7-8)12(17)6-10-9(2)3-4-13(14)16-10/h3-4,8,11,15H,5-7H2,1-2H3/t8-,11-/m0/s1. The first-order valence-electron chi connectivity index (χ1n) is 5.94. The van der Waals surface area contributed by atoms with Crippen LogP contribution in [0.25, 0.3) is 0 Å². The summed E-state index contributed by atoms with van der Waals surface area (Å²) >= 11 is 3.34. The minimum atomic E-state index is 0.0187. The predicted octanol–water partition coefficient (Wildman–Crippen LogP) is 2.26. The van der Waals surface area contributed by atoms with E-state index in [2.05, 4.69) is 33.2 Å². The van der Waals surface area contributed by atoms with Crippen molar-refractivity contribution < 1.29 is 4.79 Å². The van der Waals surface area contributed by atoms with Crippen molar-refractivity contribution >= 4 is 21.7 Å². The molecule has 3 nitrogen and oxygen atoms in total. The first-order chi connectivity index (χ1) is 8.06. The van der Waals surface area contributed by atoms with E-state index in [-0.39, 0.29) is 11.8 Å². The van der Waals surface area contributed by atoms with Crippen LogP contribution in [0.15, 0.2) is 16.7 Å². The van der Waals surface area contributed by atoms with Gasteiger partial charge in [-0.05, 0) is 53.4 Å². The Morgan fingerprint density at radius 2 is 2.35 bits per heavy atom.